The summed E-state index contributed by atoms with van der Waals surface area (Å²) in [6, 6.07) is -1.10. The van der Waals surface area contributed by atoms with Crippen molar-refractivity contribution in [3.05, 3.63) is 0 Å². The second kappa shape index (κ2) is 8.91. The van der Waals surface area contributed by atoms with Crippen LogP contribution in [0.25, 0.3) is 0 Å². The lowest BCUT2D eigenvalue weighted by Gasteiger charge is -2.25. The van der Waals surface area contributed by atoms with Gasteiger partial charge in [-0.2, -0.15) is 0 Å². The van der Waals surface area contributed by atoms with Crippen molar-refractivity contribution in [1.29, 1.82) is 0 Å². The Bertz CT molecular complexity index is 265. The molecule has 2 atom stereocenters. The third kappa shape index (κ3) is 5.49. The summed E-state index contributed by atoms with van der Waals surface area (Å²) in [7, 11) is 0. The van der Waals surface area contributed by atoms with Gasteiger partial charge in [0.1, 0.15) is 6.04 Å². The molecule has 2 unspecified atom stereocenters. The van der Waals surface area contributed by atoms with Gasteiger partial charge < -0.3 is 10.0 Å². The van der Waals surface area contributed by atoms with Crippen molar-refractivity contribution in [3.8, 4) is 0 Å². The summed E-state index contributed by atoms with van der Waals surface area (Å²) in [5.74, 6) is -0.926. The van der Waals surface area contributed by atoms with Gasteiger partial charge in [0, 0.05) is 13.1 Å². The molecule has 106 valence electrons. The Morgan fingerprint density at radius 2 is 1.78 bits per heavy atom. The number of hydrogen-bond donors (Lipinski definition) is 2. The van der Waals surface area contributed by atoms with Crippen LogP contribution >= 0.6 is 0 Å². The molecule has 0 saturated carbocycles. The topological polar surface area (TPSA) is 69.6 Å². The van der Waals surface area contributed by atoms with Crippen molar-refractivity contribution in [2.45, 2.75) is 59.0 Å². The van der Waals surface area contributed by atoms with E-state index >= 15 is 0 Å². The zero-order chi connectivity index (χ0) is 14.1. The normalized spacial score (nSPS) is 14.0. The smallest absolute Gasteiger partial charge is 0.320 e. The molecule has 0 aliphatic rings. The van der Waals surface area contributed by atoms with Crippen LogP contribution < -0.4 is 5.32 Å². The highest BCUT2D eigenvalue weighted by molar-refractivity contribution is 5.82. The molecule has 0 aliphatic carbocycles. The fourth-order valence-corrected chi connectivity index (χ4v) is 1.87. The Balaban J connectivity index is 4.44. The van der Waals surface area contributed by atoms with Crippen LogP contribution in [0.1, 0.15) is 47.0 Å². The minimum atomic E-state index is -0.886. The maximum absolute atomic E-state index is 12.0. The van der Waals surface area contributed by atoms with Crippen LogP contribution in [0.2, 0.25) is 0 Å². The van der Waals surface area contributed by atoms with E-state index in [1.165, 1.54) is 0 Å². The van der Waals surface area contributed by atoms with Crippen molar-refractivity contribution in [3.63, 3.8) is 0 Å². The standard InChI is InChI=1S/C13H26N2O3/c1-5-8-9-11(13(17)18)14-10(4)12(16)15(6-2)7-3/h10-11,14H,5-9H2,1-4H3,(H,17,18). The summed E-state index contributed by atoms with van der Waals surface area (Å²) >= 11 is 0. The predicted molar refractivity (Wildman–Crippen MR) is 71.5 cm³/mol. The van der Waals surface area contributed by atoms with Crippen molar-refractivity contribution < 1.29 is 14.7 Å². The van der Waals surface area contributed by atoms with Crippen molar-refractivity contribution >= 4 is 11.9 Å². The number of unbranched alkanes of at least 4 members (excludes halogenated alkanes) is 1. The van der Waals surface area contributed by atoms with Gasteiger partial charge in [0.15, 0.2) is 0 Å². The number of likely N-dealkylation sites (N-methyl/N-ethyl adjacent to an activating group) is 1. The first kappa shape index (κ1) is 16.9. The lowest BCUT2D eigenvalue weighted by Crippen LogP contribution is -2.50. The molecule has 0 spiro atoms. The number of rotatable bonds is 9. The summed E-state index contributed by atoms with van der Waals surface area (Å²) in [5.41, 5.74) is 0. The molecule has 0 saturated heterocycles. The summed E-state index contributed by atoms with van der Waals surface area (Å²) in [6.07, 6.45) is 2.35. The molecule has 0 aliphatic heterocycles. The first-order valence-corrected chi connectivity index (χ1v) is 6.75. The monoisotopic (exact) mass is 258 g/mol. The quantitative estimate of drug-likeness (QED) is 0.657. The lowest BCUT2D eigenvalue weighted by atomic mass is 10.1. The van der Waals surface area contributed by atoms with Crippen molar-refractivity contribution in [1.82, 2.24) is 10.2 Å². The SMILES string of the molecule is CCCCC(NC(C)C(=O)N(CC)CC)C(=O)O. The molecule has 5 nitrogen and oxygen atoms in total. The predicted octanol–water partition coefficient (Wildman–Crippen LogP) is 1.48. The maximum Gasteiger partial charge on any atom is 0.320 e. The highest BCUT2D eigenvalue weighted by Crippen LogP contribution is 2.04. The fraction of sp³-hybridized carbons (Fsp3) is 0.846. The van der Waals surface area contributed by atoms with Crippen LogP contribution in [0.4, 0.5) is 0 Å². The van der Waals surface area contributed by atoms with Crippen molar-refractivity contribution in [2.75, 3.05) is 13.1 Å². The van der Waals surface area contributed by atoms with E-state index in [1.807, 2.05) is 20.8 Å². The molecular weight excluding hydrogens is 232 g/mol. The molecule has 0 aromatic heterocycles. The van der Waals surface area contributed by atoms with Crippen LogP contribution in [-0.4, -0.2) is 47.1 Å². The number of nitrogens with zero attached hydrogens (tertiary/aromatic N) is 1. The number of aliphatic carboxylic acids is 1. The van der Waals surface area contributed by atoms with Gasteiger partial charge >= 0.3 is 5.97 Å². The molecule has 2 N–H and O–H groups in total. The first-order valence-electron chi connectivity index (χ1n) is 6.75. The number of carboxylic acids is 1. The zero-order valence-electron chi connectivity index (χ0n) is 11.9. The first-order chi connectivity index (χ1) is 8.47. The largest absolute Gasteiger partial charge is 0.480 e. The van der Waals surface area contributed by atoms with Crippen LogP contribution in [0.5, 0.6) is 0 Å². The van der Waals surface area contributed by atoms with E-state index in [0.717, 1.165) is 12.8 Å². The molecular formula is C13H26N2O3. The van der Waals surface area contributed by atoms with E-state index in [0.29, 0.717) is 19.5 Å². The zero-order valence-corrected chi connectivity index (χ0v) is 11.9. The molecule has 0 aromatic carbocycles. The second-order valence-corrected chi connectivity index (χ2v) is 4.43. The Hall–Kier alpha value is -1.10. The van der Waals surface area contributed by atoms with Crippen LogP contribution in [-0.2, 0) is 9.59 Å². The van der Waals surface area contributed by atoms with E-state index in [9.17, 15) is 9.59 Å². The third-order valence-corrected chi connectivity index (χ3v) is 3.04. The summed E-state index contributed by atoms with van der Waals surface area (Å²) in [5, 5.41) is 12.0. The molecule has 5 heteroatoms. The van der Waals surface area contributed by atoms with Crippen LogP contribution in [0.3, 0.4) is 0 Å². The number of carbonyl (C=O) groups excluding carboxylic acids is 1. The van der Waals surface area contributed by atoms with Crippen LogP contribution in [0.15, 0.2) is 0 Å². The number of amides is 1. The Morgan fingerprint density at radius 3 is 2.17 bits per heavy atom. The molecule has 1 amide bonds. The Kier molecular flexibility index (Phi) is 8.37. The highest BCUT2D eigenvalue weighted by Gasteiger charge is 2.24. The lowest BCUT2D eigenvalue weighted by molar-refractivity contribution is -0.140. The minimum absolute atomic E-state index is 0.0391. The summed E-state index contributed by atoms with van der Waals surface area (Å²) in [4.78, 5) is 24.8. The molecule has 0 fully saturated rings. The summed E-state index contributed by atoms with van der Waals surface area (Å²) < 4.78 is 0. The van der Waals surface area contributed by atoms with Gasteiger partial charge in [0.25, 0.3) is 0 Å². The Labute approximate surface area is 110 Å². The van der Waals surface area contributed by atoms with Gasteiger partial charge in [-0.3, -0.25) is 14.9 Å². The van der Waals surface area contributed by atoms with E-state index in [4.69, 9.17) is 5.11 Å². The van der Waals surface area contributed by atoms with E-state index in [1.54, 1.807) is 11.8 Å². The molecule has 0 heterocycles. The average molecular weight is 258 g/mol. The van der Waals surface area contributed by atoms with Gasteiger partial charge in [-0.15, -0.1) is 0 Å². The van der Waals surface area contributed by atoms with E-state index in [-0.39, 0.29) is 5.91 Å². The highest BCUT2D eigenvalue weighted by atomic mass is 16.4. The molecule has 0 aromatic rings. The molecule has 0 rings (SSSR count). The van der Waals surface area contributed by atoms with Crippen LogP contribution in [0, 0.1) is 0 Å². The third-order valence-electron chi connectivity index (χ3n) is 3.04. The maximum atomic E-state index is 12.0. The number of carbonyl (C=O) groups is 2. The van der Waals surface area contributed by atoms with Gasteiger partial charge in [0.05, 0.1) is 6.04 Å². The number of nitrogens with one attached hydrogen (secondary N) is 1. The van der Waals surface area contributed by atoms with Gasteiger partial charge in [-0.05, 0) is 27.2 Å². The Morgan fingerprint density at radius 1 is 1.22 bits per heavy atom. The number of hydrogen-bond acceptors (Lipinski definition) is 3. The molecule has 18 heavy (non-hydrogen) atoms. The molecule has 0 radical (unpaired) electrons. The van der Waals surface area contributed by atoms with E-state index < -0.39 is 18.1 Å². The summed E-state index contributed by atoms with van der Waals surface area (Å²) in [6.45, 7) is 8.87. The average Bonchev–Trinajstić information content (AvgIpc) is 2.35. The minimum Gasteiger partial charge on any atom is -0.480 e. The fourth-order valence-electron chi connectivity index (χ4n) is 1.87. The number of carboxylic acid groups (broad SMARTS) is 1. The van der Waals surface area contributed by atoms with Gasteiger partial charge in [-0.25, -0.2) is 0 Å². The van der Waals surface area contributed by atoms with Gasteiger partial charge in [0.2, 0.25) is 5.91 Å². The molecule has 0 bridgehead atoms. The van der Waals surface area contributed by atoms with Gasteiger partial charge in [-0.1, -0.05) is 19.8 Å². The van der Waals surface area contributed by atoms with E-state index in [2.05, 4.69) is 5.32 Å². The second-order valence-electron chi connectivity index (χ2n) is 4.43. The van der Waals surface area contributed by atoms with Crippen molar-refractivity contribution in [2.24, 2.45) is 0 Å².